The van der Waals surface area contributed by atoms with Gasteiger partial charge in [0.25, 0.3) is 0 Å². The molecule has 4 aromatic rings. The van der Waals surface area contributed by atoms with E-state index in [1.807, 2.05) is 13.8 Å². The minimum absolute atomic E-state index is 0.0196. The fourth-order valence-corrected chi connectivity index (χ4v) is 6.34. The molecule has 8 heteroatoms. The summed E-state index contributed by atoms with van der Waals surface area (Å²) < 4.78 is 58.7. The molecule has 0 amide bonds. The van der Waals surface area contributed by atoms with Gasteiger partial charge in [-0.05, 0) is 62.4 Å². The predicted octanol–water partition coefficient (Wildman–Crippen LogP) is 4.67. The molecule has 0 aliphatic rings. The number of hydrogen-bond acceptors (Lipinski definition) is 6. The molecule has 3 aromatic carbocycles. The van der Waals surface area contributed by atoms with Crippen molar-refractivity contribution >= 4 is 30.6 Å². The van der Waals surface area contributed by atoms with Crippen molar-refractivity contribution in [2.45, 2.75) is 34.3 Å². The number of aryl methyl sites for hydroxylation is 2. The van der Waals surface area contributed by atoms with E-state index >= 15 is 0 Å². The molecule has 0 unspecified atom stereocenters. The van der Waals surface area contributed by atoms with Gasteiger partial charge in [-0.3, -0.25) is 4.98 Å². The molecule has 0 atom stereocenters. The van der Waals surface area contributed by atoms with Gasteiger partial charge >= 0.3 is 0 Å². The van der Waals surface area contributed by atoms with Gasteiger partial charge in [0, 0.05) is 5.39 Å². The minimum Gasteiger partial charge on any atom is -0.497 e. The second-order valence-electron chi connectivity index (χ2n) is 7.88. The van der Waals surface area contributed by atoms with Crippen LogP contribution in [0.2, 0.25) is 0 Å². The SMILES string of the molecule is COc1ccc2nc(CS(=O)(=O)c3ccc(C)cc3)c(S(=O)(=O)c3ccc(C)cc3)cc2c1. The first-order chi connectivity index (χ1) is 15.6. The van der Waals surface area contributed by atoms with Crippen molar-refractivity contribution in [2.24, 2.45) is 0 Å². The first-order valence-electron chi connectivity index (χ1n) is 10.2. The summed E-state index contributed by atoms with van der Waals surface area (Å²) in [5, 5.41) is 0.538. The summed E-state index contributed by atoms with van der Waals surface area (Å²) in [7, 11) is -6.35. The molecular weight excluding hydrogens is 458 g/mol. The van der Waals surface area contributed by atoms with E-state index in [9.17, 15) is 16.8 Å². The number of benzene rings is 3. The summed E-state index contributed by atoms with van der Waals surface area (Å²) >= 11 is 0. The highest BCUT2D eigenvalue weighted by atomic mass is 32.2. The van der Waals surface area contributed by atoms with Gasteiger partial charge in [-0.25, -0.2) is 16.8 Å². The highest BCUT2D eigenvalue weighted by molar-refractivity contribution is 7.92. The van der Waals surface area contributed by atoms with E-state index in [4.69, 9.17) is 4.74 Å². The number of sulfone groups is 2. The molecule has 0 saturated heterocycles. The van der Waals surface area contributed by atoms with Crippen molar-refractivity contribution in [1.29, 1.82) is 0 Å². The van der Waals surface area contributed by atoms with Crippen molar-refractivity contribution in [3.63, 3.8) is 0 Å². The third kappa shape index (κ3) is 4.62. The fourth-order valence-electron chi connectivity index (χ4n) is 3.49. The van der Waals surface area contributed by atoms with E-state index in [2.05, 4.69) is 4.98 Å². The number of pyridine rings is 1. The molecule has 1 aromatic heterocycles. The molecular formula is C25H23NO5S2. The second-order valence-corrected chi connectivity index (χ2v) is 11.8. The van der Waals surface area contributed by atoms with Gasteiger partial charge in [-0.15, -0.1) is 0 Å². The Morgan fingerprint density at radius 3 is 1.91 bits per heavy atom. The molecule has 0 aliphatic heterocycles. The largest absolute Gasteiger partial charge is 0.497 e. The molecule has 0 saturated carbocycles. The molecule has 0 aliphatic carbocycles. The zero-order valence-corrected chi connectivity index (χ0v) is 20.1. The molecule has 0 N–H and O–H groups in total. The lowest BCUT2D eigenvalue weighted by atomic mass is 10.2. The Morgan fingerprint density at radius 1 is 0.758 bits per heavy atom. The number of rotatable bonds is 6. The number of ether oxygens (including phenoxy) is 1. The molecule has 6 nitrogen and oxygen atoms in total. The Kier molecular flexibility index (Phi) is 5.99. The lowest BCUT2D eigenvalue weighted by Gasteiger charge is -2.13. The monoisotopic (exact) mass is 481 g/mol. The van der Waals surface area contributed by atoms with Gasteiger partial charge in [0.05, 0.1) is 38.8 Å². The van der Waals surface area contributed by atoms with Crippen LogP contribution in [0, 0.1) is 13.8 Å². The van der Waals surface area contributed by atoms with Crippen molar-refractivity contribution in [3.05, 3.63) is 89.6 Å². The number of fused-ring (bicyclic) bond motifs is 1. The zero-order valence-electron chi connectivity index (χ0n) is 18.4. The van der Waals surface area contributed by atoms with Crippen molar-refractivity contribution in [2.75, 3.05) is 7.11 Å². The van der Waals surface area contributed by atoms with Gasteiger partial charge in [0.2, 0.25) is 9.84 Å². The van der Waals surface area contributed by atoms with Crippen LogP contribution in [0.5, 0.6) is 5.75 Å². The molecule has 33 heavy (non-hydrogen) atoms. The van der Waals surface area contributed by atoms with Crippen molar-refractivity contribution in [1.82, 2.24) is 4.98 Å². The van der Waals surface area contributed by atoms with Gasteiger partial charge in [0.1, 0.15) is 5.75 Å². The van der Waals surface area contributed by atoms with Crippen LogP contribution in [0.1, 0.15) is 16.8 Å². The van der Waals surface area contributed by atoms with Crippen LogP contribution in [-0.2, 0) is 25.4 Å². The Morgan fingerprint density at radius 2 is 1.33 bits per heavy atom. The Labute approximate surface area is 193 Å². The number of aromatic nitrogens is 1. The molecule has 0 radical (unpaired) electrons. The van der Waals surface area contributed by atoms with Crippen LogP contribution >= 0.6 is 0 Å². The summed E-state index contributed by atoms with van der Waals surface area (Å²) in [5.74, 6) is 0.00125. The van der Waals surface area contributed by atoms with E-state index in [1.165, 1.54) is 37.4 Å². The predicted molar refractivity (Wildman–Crippen MR) is 127 cm³/mol. The van der Waals surface area contributed by atoms with E-state index in [0.717, 1.165) is 11.1 Å². The summed E-state index contributed by atoms with van der Waals surface area (Å²) in [4.78, 5) is 4.53. The Hall–Kier alpha value is -3.23. The summed E-state index contributed by atoms with van der Waals surface area (Å²) in [6, 6.07) is 19.4. The maximum Gasteiger partial charge on any atom is 0.208 e. The average Bonchev–Trinajstić information content (AvgIpc) is 2.78. The van der Waals surface area contributed by atoms with Crippen LogP contribution in [0.25, 0.3) is 10.9 Å². The summed E-state index contributed by atoms with van der Waals surface area (Å²) in [5.41, 5.74) is 2.30. The average molecular weight is 482 g/mol. The first-order valence-corrected chi connectivity index (χ1v) is 13.3. The first kappa shape index (κ1) is 22.9. The van der Waals surface area contributed by atoms with Gasteiger partial charge in [0.15, 0.2) is 9.84 Å². The zero-order chi connectivity index (χ0) is 23.8. The van der Waals surface area contributed by atoms with Crippen LogP contribution in [0.4, 0.5) is 0 Å². The maximum atomic E-state index is 13.6. The normalized spacial score (nSPS) is 12.1. The smallest absolute Gasteiger partial charge is 0.208 e. The highest BCUT2D eigenvalue weighted by Crippen LogP contribution is 2.31. The summed E-state index contributed by atoms with van der Waals surface area (Å²) in [6.45, 7) is 3.72. The van der Waals surface area contributed by atoms with Crippen molar-refractivity contribution < 1.29 is 21.6 Å². The summed E-state index contributed by atoms with van der Waals surface area (Å²) in [6.07, 6.45) is 0. The van der Waals surface area contributed by atoms with E-state index in [0.29, 0.717) is 16.7 Å². The minimum atomic E-state index is -4.03. The molecule has 4 rings (SSSR count). The molecule has 0 spiro atoms. The van der Waals surface area contributed by atoms with Crippen molar-refractivity contribution in [3.8, 4) is 5.75 Å². The van der Waals surface area contributed by atoms with Crippen LogP contribution in [0.3, 0.4) is 0 Å². The number of methoxy groups -OCH3 is 1. The van der Waals surface area contributed by atoms with Crippen LogP contribution in [-0.4, -0.2) is 28.9 Å². The van der Waals surface area contributed by atoms with E-state index in [1.54, 1.807) is 42.5 Å². The molecule has 170 valence electrons. The Bertz CT molecular complexity index is 1540. The van der Waals surface area contributed by atoms with E-state index in [-0.39, 0.29) is 20.4 Å². The van der Waals surface area contributed by atoms with E-state index < -0.39 is 25.4 Å². The van der Waals surface area contributed by atoms with Crippen LogP contribution < -0.4 is 4.74 Å². The third-order valence-corrected chi connectivity index (χ3v) is 8.86. The fraction of sp³-hybridized carbons (Fsp3) is 0.160. The lowest BCUT2D eigenvalue weighted by molar-refractivity contribution is 0.415. The van der Waals surface area contributed by atoms with Crippen LogP contribution in [0.15, 0.2) is 87.5 Å². The molecule has 1 heterocycles. The second kappa shape index (κ2) is 8.61. The maximum absolute atomic E-state index is 13.6. The third-order valence-electron chi connectivity index (χ3n) is 5.39. The number of hydrogen-bond donors (Lipinski definition) is 0. The highest BCUT2D eigenvalue weighted by Gasteiger charge is 2.27. The van der Waals surface area contributed by atoms with Gasteiger partial charge in [-0.2, -0.15) is 0 Å². The van der Waals surface area contributed by atoms with Gasteiger partial charge in [-0.1, -0.05) is 35.4 Å². The molecule has 0 fully saturated rings. The topological polar surface area (TPSA) is 90.4 Å². The quantitative estimate of drug-likeness (QED) is 0.398. The number of nitrogens with zero attached hydrogens (tertiary/aromatic N) is 1. The lowest BCUT2D eigenvalue weighted by Crippen LogP contribution is -2.13. The Balaban J connectivity index is 1.92. The standard InChI is InChI=1S/C25H23NO5S2/c1-17-4-9-21(10-5-17)32(27,28)16-24-25(33(29,30)22-11-6-18(2)7-12-22)15-19-14-20(31-3)8-13-23(19)26-24/h4-15H,16H2,1-3H3. The molecule has 0 bridgehead atoms. The van der Waals surface area contributed by atoms with Gasteiger partial charge < -0.3 is 4.74 Å².